The summed E-state index contributed by atoms with van der Waals surface area (Å²) in [7, 11) is 0. The standard InChI is InChI=1S/C29H23ClN2O2/c1-2-20-7-14-28(26(17-20)21-8-11-23(30)12-9-21)32-16-15-25(18-29(32)33)34-19-24-13-10-22-5-3-4-6-27(22)31-24/h3-18H,2,19H2,1H3. The van der Waals surface area contributed by atoms with Crippen molar-refractivity contribution in [3.63, 3.8) is 0 Å². The van der Waals surface area contributed by atoms with E-state index in [2.05, 4.69) is 24.0 Å². The van der Waals surface area contributed by atoms with Gasteiger partial charge in [-0.2, -0.15) is 0 Å². The van der Waals surface area contributed by atoms with Gasteiger partial charge in [-0.3, -0.25) is 9.36 Å². The van der Waals surface area contributed by atoms with Crippen LogP contribution in [0, 0.1) is 0 Å². The Morgan fingerprint density at radius 1 is 0.912 bits per heavy atom. The molecule has 0 saturated heterocycles. The van der Waals surface area contributed by atoms with Crippen LogP contribution in [-0.2, 0) is 13.0 Å². The summed E-state index contributed by atoms with van der Waals surface area (Å²) in [5.41, 5.74) is 5.56. The van der Waals surface area contributed by atoms with E-state index >= 15 is 0 Å². The number of fused-ring (bicyclic) bond motifs is 1. The molecule has 2 aromatic heterocycles. The van der Waals surface area contributed by atoms with Crippen LogP contribution in [0.25, 0.3) is 27.7 Å². The van der Waals surface area contributed by atoms with Gasteiger partial charge in [-0.25, -0.2) is 4.98 Å². The molecule has 0 amide bonds. The number of benzene rings is 3. The highest BCUT2D eigenvalue weighted by atomic mass is 35.5. The van der Waals surface area contributed by atoms with Gasteiger partial charge in [0.2, 0.25) is 0 Å². The predicted molar refractivity (Wildman–Crippen MR) is 138 cm³/mol. The van der Waals surface area contributed by atoms with E-state index in [4.69, 9.17) is 16.3 Å². The molecule has 34 heavy (non-hydrogen) atoms. The summed E-state index contributed by atoms with van der Waals surface area (Å²) in [6, 6.07) is 29.1. The molecule has 5 aromatic rings. The van der Waals surface area contributed by atoms with Crippen molar-refractivity contribution in [2.45, 2.75) is 20.0 Å². The summed E-state index contributed by atoms with van der Waals surface area (Å²) in [4.78, 5) is 17.7. The molecule has 0 spiro atoms. The average Bonchev–Trinajstić information content (AvgIpc) is 2.87. The minimum absolute atomic E-state index is 0.163. The van der Waals surface area contributed by atoms with Gasteiger partial charge >= 0.3 is 0 Å². The van der Waals surface area contributed by atoms with Gasteiger partial charge in [0.15, 0.2) is 0 Å². The number of aromatic nitrogens is 2. The number of halogens is 1. The number of ether oxygens (including phenoxy) is 1. The molecule has 0 aliphatic rings. The zero-order valence-corrected chi connectivity index (χ0v) is 19.5. The Kier molecular flexibility index (Phi) is 6.15. The SMILES string of the molecule is CCc1ccc(-n2ccc(OCc3ccc4ccccc4n3)cc2=O)c(-c2ccc(Cl)cc2)c1. The zero-order valence-electron chi connectivity index (χ0n) is 18.7. The van der Waals surface area contributed by atoms with Crippen molar-refractivity contribution in [3.8, 4) is 22.6 Å². The lowest BCUT2D eigenvalue weighted by Crippen LogP contribution is -2.17. The molecule has 5 heteroatoms. The molecule has 0 saturated carbocycles. The van der Waals surface area contributed by atoms with E-state index in [1.807, 2.05) is 72.8 Å². The largest absolute Gasteiger partial charge is 0.487 e. The van der Waals surface area contributed by atoms with E-state index in [0.717, 1.165) is 39.8 Å². The lowest BCUT2D eigenvalue weighted by Gasteiger charge is -2.15. The van der Waals surface area contributed by atoms with E-state index in [1.165, 1.54) is 11.6 Å². The summed E-state index contributed by atoms with van der Waals surface area (Å²) in [6.45, 7) is 2.40. The molecule has 168 valence electrons. The molecule has 0 aliphatic carbocycles. The fraction of sp³-hybridized carbons (Fsp3) is 0.103. The molecule has 0 N–H and O–H groups in total. The normalized spacial score (nSPS) is 11.0. The first kappa shape index (κ1) is 21.9. The van der Waals surface area contributed by atoms with Crippen molar-refractivity contribution in [1.82, 2.24) is 9.55 Å². The molecule has 5 rings (SSSR count). The van der Waals surface area contributed by atoms with Crippen molar-refractivity contribution in [2.75, 3.05) is 0 Å². The smallest absolute Gasteiger partial charge is 0.258 e. The molecule has 4 nitrogen and oxygen atoms in total. The zero-order chi connectivity index (χ0) is 23.5. The van der Waals surface area contributed by atoms with Crippen molar-refractivity contribution in [2.24, 2.45) is 0 Å². The van der Waals surface area contributed by atoms with E-state index < -0.39 is 0 Å². The molecule has 3 aromatic carbocycles. The van der Waals surface area contributed by atoms with Crippen LogP contribution in [0.1, 0.15) is 18.2 Å². The van der Waals surface area contributed by atoms with Gasteiger partial charge in [-0.15, -0.1) is 0 Å². The molecule has 0 aliphatic heterocycles. The van der Waals surface area contributed by atoms with Crippen LogP contribution in [0.4, 0.5) is 0 Å². The number of hydrogen-bond donors (Lipinski definition) is 0. The Labute approximate surface area is 203 Å². The lowest BCUT2D eigenvalue weighted by atomic mass is 9.99. The minimum atomic E-state index is -0.163. The number of hydrogen-bond acceptors (Lipinski definition) is 3. The maximum absolute atomic E-state index is 13.1. The highest BCUT2D eigenvalue weighted by Gasteiger charge is 2.11. The van der Waals surface area contributed by atoms with Crippen molar-refractivity contribution in [1.29, 1.82) is 0 Å². The highest BCUT2D eigenvalue weighted by Crippen LogP contribution is 2.29. The second-order valence-electron chi connectivity index (χ2n) is 8.07. The Morgan fingerprint density at radius 2 is 1.74 bits per heavy atom. The van der Waals surface area contributed by atoms with Gasteiger partial charge in [0.25, 0.3) is 5.56 Å². The third-order valence-electron chi connectivity index (χ3n) is 5.82. The van der Waals surface area contributed by atoms with Crippen molar-refractivity contribution >= 4 is 22.5 Å². The maximum Gasteiger partial charge on any atom is 0.258 e. The molecule has 2 heterocycles. The molecular formula is C29H23ClN2O2. The van der Waals surface area contributed by atoms with Crippen molar-refractivity contribution < 1.29 is 4.74 Å². The number of rotatable bonds is 6. The maximum atomic E-state index is 13.1. The monoisotopic (exact) mass is 466 g/mol. The first-order valence-corrected chi connectivity index (χ1v) is 11.6. The minimum Gasteiger partial charge on any atom is -0.487 e. The molecule has 0 unspecified atom stereocenters. The summed E-state index contributed by atoms with van der Waals surface area (Å²) < 4.78 is 7.53. The first-order chi connectivity index (χ1) is 16.6. The summed E-state index contributed by atoms with van der Waals surface area (Å²) in [6.07, 6.45) is 2.66. The molecule has 0 fully saturated rings. The quantitative estimate of drug-likeness (QED) is 0.275. The van der Waals surface area contributed by atoms with Crippen LogP contribution in [0.5, 0.6) is 5.75 Å². The van der Waals surface area contributed by atoms with Crippen molar-refractivity contribution in [3.05, 3.63) is 124 Å². The summed E-state index contributed by atoms with van der Waals surface area (Å²) in [5.74, 6) is 0.509. The van der Waals surface area contributed by atoms with Gasteiger partial charge in [-0.05, 0) is 60.0 Å². The fourth-order valence-corrected chi connectivity index (χ4v) is 4.10. The molecule has 0 bridgehead atoms. The average molecular weight is 467 g/mol. The molecule has 0 radical (unpaired) electrons. The van der Waals surface area contributed by atoms with E-state index in [9.17, 15) is 4.79 Å². The van der Waals surface area contributed by atoms with Crippen LogP contribution in [0.2, 0.25) is 5.02 Å². The third kappa shape index (κ3) is 4.59. The van der Waals surface area contributed by atoms with Crippen LogP contribution < -0.4 is 10.3 Å². The van der Waals surface area contributed by atoms with Crippen LogP contribution in [-0.4, -0.2) is 9.55 Å². The molecular weight excluding hydrogens is 444 g/mol. The van der Waals surface area contributed by atoms with E-state index in [0.29, 0.717) is 10.8 Å². The Morgan fingerprint density at radius 3 is 2.53 bits per heavy atom. The predicted octanol–water partition coefficient (Wildman–Crippen LogP) is 6.85. The van der Waals surface area contributed by atoms with Crippen LogP contribution in [0.3, 0.4) is 0 Å². The second-order valence-corrected chi connectivity index (χ2v) is 8.50. The Hall–Kier alpha value is -3.89. The Bertz CT molecular complexity index is 1520. The molecule has 0 atom stereocenters. The van der Waals surface area contributed by atoms with E-state index in [1.54, 1.807) is 10.8 Å². The van der Waals surface area contributed by atoms with Crippen LogP contribution >= 0.6 is 11.6 Å². The fourth-order valence-electron chi connectivity index (χ4n) is 3.97. The Balaban J connectivity index is 1.43. The second kappa shape index (κ2) is 9.54. The summed E-state index contributed by atoms with van der Waals surface area (Å²) in [5, 5.41) is 1.76. The van der Waals surface area contributed by atoms with E-state index in [-0.39, 0.29) is 12.2 Å². The topological polar surface area (TPSA) is 44.1 Å². The van der Waals surface area contributed by atoms with Gasteiger partial charge < -0.3 is 4.74 Å². The number of pyridine rings is 2. The highest BCUT2D eigenvalue weighted by molar-refractivity contribution is 6.30. The van der Waals surface area contributed by atoms with Gasteiger partial charge in [0.05, 0.1) is 16.9 Å². The van der Waals surface area contributed by atoms with Crippen LogP contribution in [0.15, 0.2) is 102 Å². The number of para-hydroxylation sites is 1. The summed E-state index contributed by atoms with van der Waals surface area (Å²) >= 11 is 6.09. The van der Waals surface area contributed by atoms with Gasteiger partial charge in [0, 0.05) is 28.2 Å². The number of aryl methyl sites for hydroxylation is 1. The third-order valence-corrected chi connectivity index (χ3v) is 6.07. The first-order valence-electron chi connectivity index (χ1n) is 11.2. The van der Waals surface area contributed by atoms with Gasteiger partial charge in [0.1, 0.15) is 12.4 Å². The number of nitrogens with zero attached hydrogens (tertiary/aromatic N) is 2. The van der Waals surface area contributed by atoms with Gasteiger partial charge in [-0.1, -0.05) is 61.0 Å². The lowest BCUT2D eigenvalue weighted by molar-refractivity contribution is 0.301.